The number of alkyl halides is 1. The fourth-order valence-electron chi connectivity index (χ4n) is 1.21. The van der Waals surface area contributed by atoms with Gasteiger partial charge >= 0.3 is 7.75 Å². The van der Waals surface area contributed by atoms with E-state index in [-0.39, 0.29) is 12.1 Å². The molecule has 80 valence electrons. The van der Waals surface area contributed by atoms with Crippen molar-refractivity contribution in [2.45, 2.75) is 32.9 Å². The Kier molecular flexibility index (Phi) is 5.49. The van der Waals surface area contributed by atoms with Gasteiger partial charge in [-0.3, -0.25) is 0 Å². The summed E-state index contributed by atoms with van der Waals surface area (Å²) in [6.07, 6.45) is 0. The minimum Gasteiger partial charge on any atom is -0.312 e. The molecule has 0 radical (unpaired) electrons. The average Bonchev–Trinajstić information content (AvgIpc) is 2.03. The summed E-state index contributed by atoms with van der Waals surface area (Å²) in [5, 5.41) is 0. The molecule has 1 N–H and O–H groups in total. The lowest BCUT2D eigenvalue weighted by atomic mass is 10.3. The molecule has 0 aliphatic carbocycles. The molecule has 0 saturated heterocycles. The van der Waals surface area contributed by atoms with Crippen molar-refractivity contribution < 1.29 is 14.0 Å². The molecule has 0 bridgehead atoms. The molecule has 0 aromatic carbocycles. The lowest BCUT2D eigenvalue weighted by molar-refractivity contribution is 0.192. The third-order valence-electron chi connectivity index (χ3n) is 1.73. The van der Waals surface area contributed by atoms with Crippen molar-refractivity contribution >= 4 is 19.3 Å². The van der Waals surface area contributed by atoms with E-state index in [1.165, 1.54) is 11.8 Å². The van der Waals surface area contributed by atoms with Crippen LogP contribution in [0.1, 0.15) is 20.8 Å². The van der Waals surface area contributed by atoms with E-state index in [1.807, 2.05) is 13.8 Å². The highest BCUT2D eigenvalue weighted by Gasteiger charge is 2.34. The predicted molar refractivity (Wildman–Crippen MR) is 54.0 cm³/mol. The van der Waals surface area contributed by atoms with Gasteiger partial charge in [-0.15, -0.1) is 11.6 Å². The fraction of sp³-hybridized carbons (Fsp3) is 1.00. The normalized spacial score (nSPS) is 19.1. The maximum atomic E-state index is 11.5. The van der Waals surface area contributed by atoms with E-state index in [0.29, 0.717) is 5.88 Å². The number of hydrogen-bond donors (Lipinski definition) is 1. The maximum Gasteiger partial charge on any atom is 0.405 e. The first-order valence-corrected chi connectivity index (χ1v) is 6.16. The Labute approximate surface area is 84.4 Å². The minimum absolute atomic E-state index is 0.0791. The van der Waals surface area contributed by atoms with Crippen molar-refractivity contribution in [1.82, 2.24) is 4.67 Å². The van der Waals surface area contributed by atoms with Crippen LogP contribution in [0, 0.1) is 0 Å². The molecule has 0 heterocycles. The molecule has 0 rings (SSSR count). The molecule has 2 unspecified atom stereocenters. The number of nitrogens with zero attached hydrogens (tertiary/aromatic N) is 1. The summed E-state index contributed by atoms with van der Waals surface area (Å²) in [4.78, 5) is 9.46. The van der Waals surface area contributed by atoms with Gasteiger partial charge in [-0.2, -0.15) is 0 Å². The highest BCUT2D eigenvalue weighted by Crippen LogP contribution is 2.48. The molecule has 13 heavy (non-hydrogen) atoms. The molecule has 0 aliphatic heterocycles. The van der Waals surface area contributed by atoms with E-state index in [2.05, 4.69) is 4.52 Å². The van der Waals surface area contributed by atoms with Gasteiger partial charge in [0.1, 0.15) is 0 Å². The molecule has 0 spiro atoms. The van der Waals surface area contributed by atoms with Gasteiger partial charge in [0.2, 0.25) is 0 Å². The minimum atomic E-state index is -3.66. The van der Waals surface area contributed by atoms with E-state index >= 15 is 0 Å². The van der Waals surface area contributed by atoms with Crippen LogP contribution in [-0.4, -0.2) is 34.6 Å². The quantitative estimate of drug-likeness (QED) is 0.579. The molecule has 0 saturated carbocycles. The zero-order valence-corrected chi connectivity index (χ0v) is 10.0. The van der Waals surface area contributed by atoms with Crippen molar-refractivity contribution in [3.8, 4) is 0 Å². The van der Waals surface area contributed by atoms with Gasteiger partial charge in [0.05, 0.1) is 0 Å². The number of rotatable bonds is 5. The van der Waals surface area contributed by atoms with Gasteiger partial charge in [0.25, 0.3) is 0 Å². The second kappa shape index (κ2) is 5.32. The zero-order valence-electron chi connectivity index (χ0n) is 8.40. The van der Waals surface area contributed by atoms with Gasteiger partial charge in [-0.1, -0.05) is 0 Å². The van der Waals surface area contributed by atoms with Crippen LogP contribution in [-0.2, 0) is 9.09 Å². The SMILES string of the molecule is COP(=O)(O)N(C(C)C)C(C)CCl. The van der Waals surface area contributed by atoms with E-state index in [0.717, 1.165) is 0 Å². The Bertz CT molecular complexity index is 200. The smallest absolute Gasteiger partial charge is 0.312 e. The van der Waals surface area contributed by atoms with Crippen LogP contribution < -0.4 is 0 Å². The summed E-state index contributed by atoms with van der Waals surface area (Å²) < 4.78 is 17.5. The summed E-state index contributed by atoms with van der Waals surface area (Å²) >= 11 is 5.62. The standard InChI is InChI=1S/C7H17ClNO3P/c1-6(2)9(7(3)5-8)13(10,11)12-4/h6-7H,5H2,1-4H3,(H,10,11). The Balaban J connectivity index is 4.71. The van der Waals surface area contributed by atoms with E-state index < -0.39 is 7.75 Å². The first kappa shape index (κ1) is 13.4. The van der Waals surface area contributed by atoms with Crippen molar-refractivity contribution in [2.75, 3.05) is 13.0 Å². The molecule has 0 aromatic rings. The lowest BCUT2D eigenvalue weighted by Crippen LogP contribution is -2.37. The van der Waals surface area contributed by atoms with Crippen LogP contribution in [0.5, 0.6) is 0 Å². The van der Waals surface area contributed by atoms with Crippen molar-refractivity contribution in [3.63, 3.8) is 0 Å². The van der Waals surface area contributed by atoms with Crippen LogP contribution in [0.25, 0.3) is 0 Å². The fourth-order valence-corrected chi connectivity index (χ4v) is 2.81. The monoisotopic (exact) mass is 229 g/mol. The summed E-state index contributed by atoms with van der Waals surface area (Å²) in [5.41, 5.74) is 0. The molecule has 0 amide bonds. The Morgan fingerprint density at radius 3 is 2.23 bits per heavy atom. The molecule has 0 fully saturated rings. The number of hydrogen-bond acceptors (Lipinski definition) is 2. The van der Waals surface area contributed by atoms with E-state index in [9.17, 15) is 9.46 Å². The Hall–Kier alpha value is 0.400. The average molecular weight is 230 g/mol. The maximum absolute atomic E-state index is 11.5. The molecule has 0 aromatic heterocycles. The number of halogens is 1. The lowest BCUT2D eigenvalue weighted by Gasteiger charge is -2.33. The van der Waals surface area contributed by atoms with Crippen LogP contribution >= 0.6 is 19.3 Å². The topological polar surface area (TPSA) is 49.8 Å². The predicted octanol–water partition coefficient (Wildman–Crippen LogP) is 2.07. The molecular weight excluding hydrogens is 213 g/mol. The summed E-state index contributed by atoms with van der Waals surface area (Å²) in [7, 11) is -2.44. The third-order valence-corrected chi connectivity index (χ3v) is 4.10. The van der Waals surface area contributed by atoms with Gasteiger partial charge < -0.3 is 9.42 Å². The molecule has 4 nitrogen and oxygen atoms in total. The van der Waals surface area contributed by atoms with Crippen molar-refractivity contribution in [1.29, 1.82) is 0 Å². The van der Waals surface area contributed by atoms with E-state index in [1.54, 1.807) is 6.92 Å². The van der Waals surface area contributed by atoms with Gasteiger partial charge in [-0.05, 0) is 20.8 Å². The molecule has 0 aliphatic rings. The largest absolute Gasteiger partial charge is 0.405 e. The molecule has 6 heteroatoms. The Morgan fingerprint density at radius 1 is 1.54 bits per heavy atom. The van der Waals surface area contributed by atoms with Crippen molar-refractivity contribution in [3.05, 3.63) is 0 Å². The second-order valence-corrected chi connectivity index (χ2v) is 5.27. The Morgan fingerprint density at radius 2 is 2.00 bits per heavy atom. The molecular formula is C7H17ClNO3P. The highest BCUT2D eigenvalue weighted by molar-refractivity contribution is 7.50. The summed E-state index contributed by atoms with van der Waals surface area (Å²) in [6.45, 7) is 5.44. The first-order chi connectivity index (χ1) is 5.86. The van der Waals surface area contributed by atoms with Crippen molar-refractivity contribution in [2.24, 2.45) is 0 Å². The van der Waals surface area contributed by atoms with Crippen LogP contribution in [0.15, 0.2) is 0 Å². The zero-order chi connectivity index (χ0) is 10.6. The summed E-state index contributed by atoms with van der Waals surface area (Å²) in [5.74, 6) is 0.298. The van der Waals surface area contributed by atoms with Crippen LogP contribution in [0.4, 0.5) is 0 Å². The first-order valence-electron chi connectivity index (χ1n) is 4.10. The van der Waals surface area contributed by atoms with Gasteiger partial charge in [0, 0.05) is 25.1 Å². The van der Waals surface area contributed by atoms with Gasteiger partial charge in [0.15, 0.2) is 0 Å². The third kappa shape index (κ3) is 3.56. The van der Waals surface area contributed by atoms with Crippen LogP contribution in [0.3, 0.4) is 0 Å². The van der Waals surface area contributed by atoms with E-state index in [4.69, 9.17) is 11.6 Å². The van der Waals surface area contributed by atoms with Gasteiger partial charge in [-0.25, -0.2) is 9.24 Å². The second-order valence-electron chi connectivity index (χ2n) is 3.15. The summed E-state index contributed by atoms with van der Waals surface area (Å²) in [6, 6.07) is -0.262. The highest BCUT2D eigenvalue weighted by atomic mass is 35.5. The van der Waals surface area contributed by atoms with Crippen LogP contribution in [0.2, 0.25) is 0 Å². The molecule has 2 atom stereocenters.